The number of nitrogens with zero attached hydrogens (tertiary/aromatic N) is 2. The van der Waals surface area contributed by atoms with E-state index in [-0.39, 0.29) is 0 Å². The van der Waals surface area contributed by atoms with Crippen LogP contribution in [-0.4, -0.2) is 62.2 Å². The molecule has 0 aliphatic carbocycles. The van der Waals surface area contributed by atoms with Crippen LogP contribution in [0.5, 0.6) is 0 Å². The summed E-state index contributed by atoms with van der Waals surface area (Å²) in [7, 11) is 4.47. The summed E-state index contributed by atoms with van der Waals surface area (Å²) in [5.74, 6) is 0.822. The summed E-state index contributed by atoms with van der Waals surface area (Å²) in [4.78, 5) is 4.92. The number of piperazine rings is 1. The number of likely N-dealkylation sites (N-methyl/N-ethyl adjacent to an activating group) is 2. The predicted molar refractivity (Wildman–Crippen MR) is 75.5 cm³/mol. The van der Waals surface area contributed by atoms with Gasteiger partial charge in [0.2, 0.25) is 0 Å². The van der Waals surface area contributed by atoms with Gasteiger partial charge in [-0.3, -0.25) is 4.90 Å². The monoisotopic (exact) mass is 241 g/mol. The second kappa shape index (κ2) is 7.34. The molecule has 0 aromatic heterocycles. The van der Waals surface area contributed by atoms with E-state index < -0.39 is 0 Å². The lowest BCUT2D eigenvalue weighted by molar-refractivity contribution is 0.111. The van der Waals surface area contributed by atoms with Crippen LogP contribution in [-0.2, 0) is 0 Å². The number of nitrogens with one attached hydrogen (secondary N) is 1. The Morgan fingerprint density at radius 1 is 1.12 bits per heavy atom. The molecule has 0 aromatic carbocycles. The van der Waals surface area contributed by atoms with Gasteiger partial charge >= 0.3 is 0 Å². The Morgan fingerprint density at radius 2 is 1.82 bits per heavy atom. The Balaban J connectivity index is 2.19. The molecule has 1 fully saturated rings. The third-order valence-electron chi connectivity index (χ3n) is 3.86. The van der Waals surface area contributed by atoms with E-state index in [1.54, 1.807) is 0 Å². The summed E-state index contributed by atoms with van der Waals surface area (Å²) < 4.78 is 0. The molecule has 3 nitrogen and oxygen atoms in total. The standard InChI is InChI=1S/C14H31N3/c1-12(2)6-7-13(3)15-10-14-11-16(4)8-9-17(14)5/h12-15H,6-11H2,1-5H3. The molecule has 17 heavy (non-hydrogen) atoms. The number of hydrogen-bond acceptors (Lipinski definition) is 3. The lowest BCUT2D eigenvalue weighted by Gasteiger charge is -2.38. The molecule has 2 unspecified atom stereocenters. The smallest absolute Gasteiger partial charge is 0.0345 e. The molecule has 1 aliphatic rings. The Morgan fingerprint density at radius 3 is 2.47 bits per heavy atom. The van der Waals surface area contributed by atoms with Gasteiger partial charge < -0.3 is 10.2 Å². The minimum Gasteiger partial charge on any atom is -0.313 e. The first kappa shape index (κ1) is 14.9. The zero-order chi connectivity index (χ0) is 12.8. The van der Waals surface area contributed by atoms with Crippen molar-refractivity contribution in [3.05, 3.63) is 0 Å². The van der Waals surface area contributed by atoms with Gasteiger partial charge in [0.1, 0.15) is 0 Å². The van der Waals surface area contributed by atoms with Crippen LogP contribution in [0.4, 0.5) is 0 Å². The minimum absolute atomic E-state index is 0.651. The van der Waals surface area contributed by atoms with Crippen molar-refractivity contribution in [3.63, 3.8) is 0 Å². The van der Waals surface area contributed by atoms with E-state index >= 15 is 0 Å². The Bertz CT molecular complexity index is 206. The molecule has 1 aliphatic heterocycles. The predicted octanol–water partition coefficient (Wildman–Crippen LogP) is 1.65. The first-order chi connectivity index (χ1) is 7.99. The Hall–Kier alpha value is -0.120. The van der Waals surface area contributed by atoms with Gasteiger partial charge in [0.15, 0.2) is 0 Å². The second-order valence-corrected chi connectivity index (χ2v) is 6.18. The van der Waals surface area contributed by atoms with E-state index in [0.717, 1.165) is 12.5 Å². The van der Waals surface area contributed by atoms with Crippen molar-refractivity contribution < 1.29 is 0 Å². The van der Waals surface area contributed by atoms with E-state index in [1.165, 1.54) is 32.5 Å². The molecule has 102 valence electrons. The molecule has 0 radical (unpaired) electrons. The van der Waals surface area contributed by atoms with Crippen LogP contribution in [0.3, 0.4) is 0 Å². The average Bonchev–Trinajstić information content (AvgIpc) is 2.27. The topological polar surface area (TPSA) is 18.5 Å². The molecular weight excluding hydrogens is 210 g/mol. The SMILES string of the molecule is CC(C)CCC(C)NCC1CN(C)CCN1C. The zero-order valence-corrected chi connectivity index (χ0v) is 12.4. The lowest BCUT2D eigenvalue weighted by Crippen LogP contribution is -2.54. The first-order valence-electron chi connectivity index (χ1n) is 7.11. The third kappa shape index (κ3) is 5.84. The van der Waals surface area contributed by atoms with Crippen molar-refractivity contribution in [3.8, 4) is 0 Å². The lowest BCUT2D eigenvalue weighted by atomic mass is 10.0. The van der Waals surface area contributed by atoms with Gasteiger partial charge in [-0.1, -0.05) is 13.8 Å². The van der Waals surface area contributed by atoms with Crippen molar-refractivity contribution in [2.45, 2.75) is 45.7 Å². The van der Waals surface area contributed by atoms with Gasteiger partial charge in [-0.05, 0) is 39.8 Å². The van der Waals surface area contributed by atoms with Gasteiger partial charge in [-0.2, -0.15) is 0 Å². The molecule has 0 saturated carbocycles. The van der Waals surface area contributed by atoms with Crippen LogP contribution in [0.1, 0.15) is 33.6 Å². The molecule has 0 bridgehead atoms. The van der Waals surface area contributed by atoms with Crippen molar-refractivity contribution in [1.82, 2.24) is 15.1 Å². The highest BCUT2D eigenvalue weighted by Crippen LogP contribution is 2.08. The maximum absolute atomic E-state index is 3.69. The molecule has 1 rings (SSSR count). The minimum atomic E-state index is 0.651. The summed E-state index contributed by atoms with van der Waals surface area (Å²) in [5, 5.41) is 3.69. The third-order valence-corrected chi connectivity index (χ3v) is 3.86. The van der Waals surface area contributed by atoms with Crippen molar-refractivity contribution in [2.75, 3.05) is 40.3 Å². The van der Waals surface area contributed by atoms with Crippen LogP contribution in [0.15, 0.2) is 0 Å². The van der Waals surface area contributed by atoms with Crippen LogP contribution in [0.2, 0.25) is 0 Å². The largest absolute Gasteiger partial charge is 0.313 e. The molecular formula is C14H31N3. The highest BCUT2D eigenvalue weighted by molar-refractivity contribution is 4.81. The molecule has 1 N–H and O–H groups in total. The second-order valence-electron chi connectivity index (χ2n) is 6.18. The van der Waals surface area contributed by atoms with Gasteiger partial charge in [0, 0.05) is 38.3 Å². The Labute approximate surface area is 108 Å². The molecule has 3 heteroatoms. The molecule has 1 heterocycles. The van der Waals surface area contributed by atoms with E-state index in [9.17, 15) is 0 Å². The fraction of sp³-hybridized carbons (Fsp3) is 1.00. The van der Waals surface area contributed by atoms with Crippen molar-refractivity contribution in [1.29, 1.82) is 0 Å². The molecule has 0 aromatic rings. The highest BCUT2D eigenvalue weighted by Gasteiger charge is 2.21. The van der Waals surface area contributed by atoms with E-state index in [1.807, 2.05) is 0 Å². The van der Waals surface area contributed by atoms with Gasteiger partial charge in [0.25, 0.3) is 0 Å². The van der Waals surface area contributed by atoms with E-state index in [2.05, 4.69) is 50.0 Å². The van der Waals surface area contributed by atoms with Crippen LogP contribution >= 0.6 is 0 Å². The Kier molecular flexibility index (Phi) is 6.45. The van der Waals surface area contributed by atoms with Crippen LogP contribution in [0.25, 0.3) is 0 Å². The normalized spacial score (nSPS) is 25.4. The van der Waals surface area contributed by atoms with Crippen LogP contribution < -0.4 is 5.32 Å². The average molecular weight is 241 g/mol. The van der Waals surface area contributed by atoms with Gasteiger partial charge in [-0.25, -0.2) is 0 Å². The quantitative estimate of drug-likeness (QED) is 0.763. The van der Waals surface area contributed by atoms with E-state index in [4.69, 9.17) is 0 Å². The summed E-state index contributed by atoms with van der Waals surface area (Å²) in [6, 6.07) is 1.33. The fourth-order valence-corrected chi connectivity index (χ4v) is 2.34. The molecule has 0 spiro atoms. The summed E-state index contributed by atoms with van der Waals surface area (Å²) in [5.41, 5.74) is 0. The summed E-state index contributed by atoms with van der Waals surface area (Å²) in [6.45, 7) is 11.6. The maximum Gasteiger partial charge on any atom is 0.0345 e. The zero-order valence-electron chi connectivity index (χ0n) is 12.4. The first-order valence-corrected chi connectivity index (χ1v) is 7.11. The number of hydrogen-bond donors (Lipinski definition) is 1. The molecule has 2 atom stereocenters. The van der Waals surface area contributed by atoms with Crippen molar-refractivity contribution >= 4 is 0 Å². The summed E-state index contributed by atoms with van der Waals surface area (Å²) >= 11 is 0. The molecule has 0 amide bonds. The molecule has 1 saturated heterocycles. The number of rotatable bonds is 6. The fourth-order valence-electron chi connectivity index (χ4n) is 2.34. The van der Waals surface area contributed by atoms with Gasteiger partial charge in [0.05, 0.1) is 0 Å². The van der Waals surface area contributed by atoms with Crippen molar-refractivity contribution in [2.24, 2.45) is 5.92 Å². The highest BCUT2D eigenvalue weighted by atomic mass is 15.3. The maximum atomic E-state index is 3.69. The van der Waals surface area contributed by atoms with E-state index in [0.29, 0.717) is 12.1 Å². The van der Waals surface area contributed by atoms with Crippen LogP contribution in [0, 0.1) is 5.92 Å². The van der Waals surface area contributed by atoms with Gasteiger partial charge in [-0.15, -0.1) is 0 Å². The summed E-state index contributed by atoms with van der Waals surface area (Å²) in [6.07, 6.45) is 2.62.